The van der Waals surface area contributed by atoms with Gasteiger partial charge in [0.25, 0.3) is 5.91 Å². The second kappa shape index (κ2) is 8.55. The molecule has 8 heteroatoms. The van der Waals surface area contributed by atoms with Crippen molar-refractivity contribution in [2.24, 2.45) is 5.73 Å². The molecule has 1 aliphatic heterocycles. The normalized spacial score (nSPS) is 15.9. The Morgan fingerprint density at radius 2 is 2.08 bits per heavy atom. The number of carbonyl (C=O) groups is 1. The number of nitriles is 1. The molecule has 0 aromatic heterocycles. The molecule has 0 spiro atoms. The molecule has 1 heterocycles. The molecule has 1 saturated heterocycles. The molecular weight excluding hydrogens is 328 g/mol. The van der Waals surface area contributed by atoms with Crippen molar-refractivity contribution < 1.29 is 4.79 Å². The average molecular weight is 349 g/mol. The number of amides is 1. The minimum absolute atomic E-state index is 0.0511. The van der Waals surface area contributed by atoms with E-state index in [1.165, 1.54) is 0 Å². The third kappa shape index (κ3) is 4.86. The van der Waals surface area contributed by atoms with Crippen molar-refractivity contribution in [3.63, 3.8) is 0 Å². The Bertz CT molecular complexity index is 661. The van der Waals surface area contributed by atoms with E-state index in [1.54, 1.807) is 24.4 Å². The van der Waals surface area contributed by atoms with Crippen LogP contribution in [0.3, 0.4) is 0 Å². The predicted molar refractivity (Wildman–Crippen MR) is 95.3 cm³/mol. The number of carbonyl (C=O) groups excluding carboxylic acids is 1. The molecule has 0 atom stereocenters. The number of anilines is 2. The van der Waals surface area contributed by atoms with Crippen molar-refractivity contribution in [2.75, 3.05) is 50.3 Å². The van der Waals surface area contributed by atoms with Crippen LogP contribution in [0.4, 0.5) is 11.4 Å². The van der Waals surface area contributed by atoms with Crippen molar-refractivity contribution in [1.82, 2.24) is 9.80 Å². The van der Waals surface area contributed by atoms with Crippen LogP contribution in [0.1, 0.15) is 0 Å². The summed E-state index contributed by atoms with van der Waals surface area (Å²) in [5.74, 6) is -0.470. The summed E-state index contributed by atoms with van der Waals surface area (Å²) in [5, 5.41) is 12.3. The SMILES string of the molecule is N#C/C(=C/N1CCN(CCN)CC1)C(=O)Nc1ccc(N)c(Cl)c1. The Kier molecular flexibility index (Phi) is 6.44. The maximum atomic E-state index is 12.3. The highest BCUT2D eigenvalue weighted by atomic mass is 35.5. The molecular formula is C16H21ClN6O. The van der Waals surface area contributed by atoms with E-state index in [0.717, 1.165) is 32.7 Å². The van der Waals surface area contributed by atoms with E-state index in [-0.39, 0.29) is 5.57 Å². The summed E-state index contributed by atoms with van der Waals surface area (Å²) >= 11 is 5.93. The van der Waals surface area contributed by atoms with Gasteiger partial charge in [-0.25, -0.2) is 0 Å². The average Bonchev–Trinajstić information content (AvgIpc) is 2.57. The van der Waals surface area contributed by atoms with Crippen LogP contribution in [0.2, 0.25) is 5.02 Å². The van der Waals surface area contributed by atoms with Gasteiger partial charge in [0.05, 0.1) is 10.7 Å². The fraction of sp³-hybridized carbons (Fsp3) is 0.375. The van der Waals surface area contributed by atoms with Gasteiger partial charge in [-0.3, -0.25) is 9.69 Å². The van der Waals surface area contributed by atoms with Gasteiger partial charge in [-0.15, -0.1) is 0 Å². The van der Waals surface area contributed by atoms with Crippen LogP contribution in [-0.2, 0) is 4.79 Å². The number of rotatable bonds is 5. The van der Waals surface area contributed by atoms with E-state index in [4.69, 9.17) is 23.1 Å². The molecule has 1 aromatic rings. The third-order valence-electron chi connectivity index (χ3n) is 3.79. The van der Waals surface area contributed by atoms with Crippen molar-refractivity contribution in [2.45, 2.75) is 0 Å². The van der Waals surface area contributed by atoms with Gasteiger partial charge in [-0.05, 0) is 18.2 Å². The van der Waals surface area contributed by atoms with E-state index < -0.39 is 5.91 Å². The molecule has 0 radical (unpaired) electrons. The van der Waals surface area contributed by atoms with Crippen molar-refractivity contribution in [3.05, 3.63) is 35.0 Å². The van der Waals surface area contributed by atoms with Crippen molar-refractivity contribution in [1.29, 1.82) is 5.26 Å². The Hall–Kier alpha value is -2.27. The zero-order chi connectivity index (χ0) is 17.5. The molecule has 5 N–H and O–H groups in total. The van der Waals surface area contributed by atoms with Crippen LogP contribution < -0.4 is 16.8 Å². The summed E-state index contributed by atoms with van der Waals surface area (Å²) in [6.07, 6.45) is 1.61. The van der Waals surface area contributed by atoms with Crippen LogP contribution >= 0.6 is 11.6 Å². The summed E-state index contributed by atoms with van der Waals surface area (Å²) in [6.45, 7) is 4.73. The van der Waals surface area contributed by atoms with Gasteiger partial charge in [0, 0.05) is 51.2 Å². The standard InChI is InChI=1S/C16H21ClN6O/c17-14-9-13(1-2-15(14)20)21-16(24)12(10-19)11-23-7-5-22(4-3-18)6-8-23/h1-2,9,11H,3-8,18,20H2,(H,21,24)/b12-11-. The maximum Gasteiger partial charge on any atom is 0.267 e. The van der Waals surface area contributed by atoms with Gasteiger partial charge in [-0.1, -0.05) is 11.6 Å². The van der Waals surface area contributed by atoms with E-state index in [1.807, 2.05) is 11.0 Å². The van der Waals surface area contributed by atoms with Crippen LogP contribution in [0, 0.1) is 11.3 Å². The minimum atomic E-state index is -0.470. The first-order valence-electron chi connectivity index (χ1n) is 7.68. The highest BCUT2D eigenvalue weighted by molar-refractivity contribution is 6.33. The minimum Gasteiger partial charge on any atom is -0.398 e. The molecule has 2 rings (SSSR count). The first kappa shape index (κ1) is 18.1. The van der Waals surface area contributed by atoms with Crippen LogP contribution in [0.25, 0.3) is 0 Å². The zero-order valence-electron chi connectivity index (χ0n) is 13.3. The molecule has 24 heavy (non-hydrogen) atoms. The number of nitrogens with two attached hydrogens (primary N) is 2. The van der Waals surface area contributed by atoms with E-state index in [9.17, 15) is 10.1 Å². The quantitative estimate of drug-likeness (QED) is 0.413. The summed E-state index contributed by atoms with van der Waals surface area (Å²) in [7, 11) is 0. The number of nitrogens with zero attached hydrogens (tertiary/aromatic N) is 3. The molecule has 1 aromatic carbocycles. The first-order valence-corrected chi connectivity index (χ1v) is 8.06. The summed E-state index contributed by atoms with van der Waals surface area (Å²) in [6, 6.07) is 6.74. The molecule has 0 saturated carbocycles. The molecule has 0 aliphatic carbocycles. The summed E-state index contributed by atoms with van der Waals surface area (Å²) in [5.41, 5.74) is 12.2. The fourth-order valence-electron chi connectivity index (χ4n) is 2.42. The summed E-state index contributed by atoms with van der Waals surface area (Å²) < 4.78 is 0. The topological polar surface area (TPSA) is 111 Å². The second-order valence-corrected chi connectivity index (χ2v) is 5.92. The monoisotopic (exact) mass is 348 g/mol. The van der Waals surface area contributed by atoms with Gasteiger partial charge in [-0.2, -0.15) is 5.26 Å². The van der Waals surface area contributed by atoms with Gasteiger partial charge in [0.15, 0.2) is 0 Å². The van der Waals surface area contributed by atoms with Crippen LogP contribution in [0.5, 0.6) is 0 Å². The number of halogens is 1. The third-order valence-corrected chi connectivity index (χ3v) is 4.11. The number of hydrogen-bond donors (Lipinski definition) is 3. The van der Waals surface area contributed by atoms with E-state index >= 15 is 0 Å². The van der Waals surface area contributed by atoms with Crippen LogP contribution in [-0.4, -0.2) is 55.0 Å². The number of hydrogen-bond acceptors (Lipinski definition) is 6. The van der Waals surface area contributed by atoms with Crippen molar-refractivity contribution >= 4 is 28.9 Å². The first-order chi connectivity index (χ1) is 11.5. The fourth-order valence-corrected chi connectivity index (χ4v) is 2.60. The van der Waals surface area contributed by atoms with Crippen molar-refractivity contribution in [3.8, 4) is 6.07 Å². The second-order valence-electron chi connectivity index (χ2n) is 5.51. The molecule has 0 bridgehead atoms. The Morgan fingerprint density at radius 1 is 1.38 bits per heavy atom. The lowest BCUT2D eigenvalue weighted by Crippen LogP contribution is -2.45. The lowest BCUT2D eigenvalue weighted by molar-refractivity contribution is -0.112. The number of piperazine rings is 1. The number of nitrogen functional groups attached to an aromatic ring is 1. The van der Waals surface area contributed by atoms with E-state index in [0.29, 0.717) is 22.9 Å². The molecule has 0 unspecified atom stereocenters. The maximum absolute atomic E-state index is 12.3. The smallest absolute Gasteiger partial charge is 0.267 e. The highest BCUT2D eigenvalue weighted by Gasteiger charge is 2.17. The van der Waals surface area contributed by atoms with Crippen LogP contribution in [0.15, 0.2) is 30.0 Å². The molecule has 1 fully saturated rings. The number of benzene rings is 1. The predicted octanol–water partition coefficient (Wildman–Crippen LogP) is 0.844. The Balaban J connectivity index is 1.98. The zero-order valence-corrected chi connectivity index (χ0v) is 14.1. The van der Waals surface area contributed by atoms with Gasteiger partial charge in [0.2, 0.25) is 0 Å². The Labute approximate surface area is 146 Å². The largest absolute Gasteiger partial charge is 0.398 e. The molecule has 1 aliphatic rings. The lowest BCUT2D eigenvalue weighted by atomic mass is 10.2. The Morgan fingerprint density at radius 3 is 2.67 bits per heavy atom. The molecule has 128 valence electrons. The number of nitrogens with one attached hydrogen (secondary N) is 1. The highest BCUT2D eigenvalue weighted by Crippen LogP contribution is 2.22. The molecule has 1 amide bonds. The summed E-state index contributed by atoms with van der Waals surface area (Å²) in [4.78, 5) is 16.5. The lowest BCUT2D eigenvalue weighted by Gasteiger charge is -2.33. The molecule has 7 nitrogen and oxygen atoms in total. The van der Waals surface area contributed by atoms with Gasteiger partial charge in [0.1, 0.15) is 11.6 Å². The van der Waals surface area contributed by atoms with Gasteiger partial charge >= 0.3 is 0 Å². The van der Waals surface area contributed by atoms with E-state index in [2.05, 4.69) is 10.2 Å². The van der Waals surface area contributed by atoms with Gasteiger partial charge < -0.3 is 21.7 Å².